The number of amides is 2. The molecule has 4 nitrogen and oxygen atoms in total. The van der Waals surface area contributed by atoms with Crippen LogP contribution in [0.4, 0.5) is 0 Å². The van der Waals surface area contributed by atoms with Gasteiger partial charge in [-0.1, -0.05) is 43.7 Å². The largest absolute Gasteiger partial charge is 0.350 e. The van der Waals surface area contributed by atoms with E-state index in [-0.39, 0.29) is 17.4 Å². The Kier molecular flexibility index (Phi) is 7.46. The normalized spacial score (nSPS) is 12.6. The number of carbonyl (C=O) groups is 2. The van der Waals surface area contributed by atoms with E-state index in [2.05, 4.69) is 5.32 Å². The van der Waals surface area contributed by atoms with Crippen molar-refractivity contribution in [3.63, 3.8) is 0 Å². The van der Waals surface area contributed by atoms with E-state index in [0.29, 0.717) is 19.4 Å². The molecule has 1 N–H and O–H groups in total. The third kappa shape index (κ3) is 6.34. The van der Waals surface area contributed by atoms with Gasteiger partial charge in [-0.25, -0.2) is 0 Å². The number of hydrogen-bond donors (Lipinski definition) is 1. The second-order valence-corrected chi connectivity index (χ2v) is 7.42. The number of aryl methyl sites for hydroxylation is 1. The number of rotatable bonds is 7. The van der Waals surface area contributed by atoms with E-state index < -0.39 is 6.04 Å². The Morgan fingerprint density at radius 2 is 1.71 bits per heavy atom. The molecule has 0 unspecified atom stereocenters. The van der Waals surface area contributed by atoms with Crippen LogP contribution in [-0.4, -0.2) is 28.3 Å². The van der Waals surface area contributed by atoms with E-state index in [1.54, 1.807) is 4.90 Å². The Morgan fingerprint density at radius 3 is 2.17 bits per heavy atom. The fourth-order valence-corrected chi connectivity index (χ4v) is 2.62. The summed E-state index contributed by atoms with van der Waals surface area (Å²) < 4.78 is 0. The molecule has 0 aliphatic heterocycles. The van der Waals surface area contributed by atoms with Crippen LogP contribution in [0, 0.1) is 6.92 Å². The second-order valence-electron chi connectivity index (χ2n) is 7.42. The Bertz CT molecular complexity index is 544. The van der Waals surface area contributed by atoms with Crippen molar-refractivity contribution in [2.45, 2.75) is 78.9 Å². The SMILES string of the molecule is CCCC(=O)N(Cc1ccc(C)cc1)[C@H](CC)C(=O)NC(C)(C)C. The Hall–Kier alpha value is -1.84. The minimum absolute atomic E-state index is 0.0361. The van der Waals surface area contributed by atoms with Gasteiger partial charge in [0, 0.05) is 18.5 Å². The highest BCUT2D eigenvalue weighted by atomic mass is 16.2. The van der Waals surface area contributed by atoms with Gasteiger partial charge in [-0.05, 0) is 46.1 Å². The summed E-state index contributed by atoms with van der Waals surface area (Å²) in [5, 5.41) is 3.01. The minimum atomic E-state index is -0.440. The molecule has 0 saturated carbocycles. The van der Waals surface area contributed by atoms with Crippen molar-refractivity contribution in [1.82, 2.24) is 10.2 Å². The average Bonchev–Trinajstić information content (AvgIpc) is 2.47. The van der Waals surface area contributed by atoms with E-state index in [0.717, 1.165) is 12.0 Å². The molecule has 0 aromatic heterocycles. The van der Waals surface area contributed by atoms with Crippen molar-refractivity contribution in [2.24, 2.45) is 0 Å². The van der Waals surface area contributed by atoms with Crippen LogP contribution in [0.25, 0.3) is 0 Å². The van der Waals surface area contributed by atoms with Gasteiger partial charge < -0.3 is 10.2 Å². The van der Waals surface area contributed by atoms with Gasteiger partial charge in [0.1, 0.15) is 6.04 Å². The van der Waals surface area contributed by atoms with Crippen LogP contribution in [0.15, 0.2) is 24.3 Å². The Balaban J connectivity index is 3.03. The molecule has 1 aromatic carbocycles. The molecule has 1 rings (SSSR count). The first-order chi connectivity index (χ1) is 11.2. The average molecular weight is 332 g/mol. The van der Waals surface area contributed by atoms with Gasteiger partial charge in [-0.15, -0.1) is 0 Å². The highest BCUT2D eigenvalue weighted by Crippen LogP contribution is 2.16. The molecule has 2 amide bonds. The summed E-state index contributed by atoms with van der Waals surface area (Å²) in [7, 11) is 0. The van der Waals surface area contributed by atoms with Gasteiger partial charge in [-0.2, -0.15) is 0 Å². The molecular weight excluding hydrogens is 300 g/mol. The molecule has 134 valence electrons. The summed E-state index contributed by atoms with van der Waals surface area (Å²) in [6, 6.07) is 7.68. The summed E-state index contributed by atoms with van der Waals surface area (Å²) >= 11 is 0. The quantitative estimate of drug-likeness (QED) is 0.825. The molecule has 0 radical (unpaired) electrons. The zero-order chi connectivity index (χ0) is 18.3. The van der Waals surface area contributed by atoms with Crippen molar-refractivity contribution in [3.05, 3.63) is 35.4 Å². The Morgan fingerprint density at radius 1 is 1.12 bits per heavy atom. The molecule has 0 aliphatic carbocycles. The maximum absolute atomic E-state index is 12.7. The standard InChI is InChI=1S/C20H32N2O2/c1-7-9-18(23)22(14-16-12-10-15(3)11-13-16)17(8-2)19(24)21-20(4,5)6/h10-13,17H,7-9,14H2,1-6H3,(H,21,24)/t17-/m1/s1. The monoisotopic (exact) mass is 332 g/mol. The molecule has 0 heterocycles. The van der Waals surface area contributed by atoms with Crippen molar-refractivity contribution < 1.29 is 9.59 Å². The zero-order valence-corrected chi connectivity index (χ0v) is 16.0. The van der Waals surface area contributed by atoms with Crippen LogP contribution in [-0.2, 0) is 16.1 Å². The number of nitrogens with one attached hydrogen (secondary N) is 1. The van der Waals surface area contributed by atoms with Crippen molar-refractivity contribution in [3.8, 4) is 0 Å². The maximum atomic E-state index is 12.7. The molecular formula is C20H32N2O2. The van der Waals surface area contributed by atoms with Gasteiger partial charge in [0.05, 0.1) is 0 Å². The molecule has 0 saturated heterocycles. The summed E-state index contributed by atoms with van der Waals surface area (Å²) in [5.41, 5.74) is 1.92. The first-order valence-corrected chi connectivity index (χ1v) is 8.85. The summed E-state index contributed by atoms with van der Waals surface area (Å²) in [5.74, 6) is -0.0458. The van der Waals surface area contributed by atoms with E-state index >= 15 is 0 Å². The minimum Gasteiger partial charge on any atom is -0.350 e. The van der Waals surface area contributed by atoms with E-state index in [1.165, 1.54) is 5.56 Å². The number of benzene rings is 1. The van der Waals surface area contributed by atoms with Crippen LogP contribution in [0.5, 0.6) is 0 Å². The number of nitrogens with zero attached hydrogens (tertiary/aromatic N) is 1. The molecule has 24 heavy (non-hydrogen) atoms. The molecule has 4 heteroatoms. The predicted molar refractivity (Wildman–Crippen MR) is 98.6 cm³/mol. The van der Waals surface area contributed by atoms with Gasteiger partial charge in [0.2, 0.25) is 11.8 Å². The molecule has 1 aromatic rings. The first-order valence-electron chi connectivity index (χ1n) is 8.85. The van der Waals surface area contributed by atoms with Crippen LogP contribution < -0.4 is 5.32 Å². The van der Waals surface area contributed by atoms with Crippen molar-refractivity contribution in [2.75, 3.05) is 0 Å². The highest BCUT2D eigenvalue weighted by molar-refractivity contribution is 5.88. The maximum Gasteiger partial charge on any atom is 0.243 e. The van der Waals surface area contributed by atoms with Crippen LogP contribution in [0.3, 0.4) is 0 Å². The van der Waals surface area contributed by atoms with Gasteiger partial charge in [0.25, 0.3) is 0 Å². The number of hydrogen-bond acceptors (Lipinski definition) is 2. The van der Waals surface area contributed by atoms with Gasteiger partial charge in [0.15, 0.2) is 0 Å². The lowest BCUT2D eigenvalue weighted by molar-refractivity contribution is -0.142. The lowest BCUT2D eigenvalue weighted by Gasteiger charge is -2.33. The predicted octanol–water partition coefficient (Wildman–Crippen LogP) is 3.82. The lowest BCUT2D eigenvalue weighted by atomic mass is 10.0. The van der Waals surface area contributed by atoms with Gasteiger partial charge in [-0.3, -0.25) is 9.59 Å². The summed E-state index contributed by atoms with van der Waals surface area (Å²) in [4.78, 5) is 27.0. The van der Waals surface area contributed by atoms with E-state index in [9.17, 15) is 9.59 Å². The number of carbonyl (C=O) groups excluding carboxylic acids is 2. The van der Waals surface area contributed by atoms with Gasteiger partial charge >= 0.3 is 0 Å². The van der Waals surface area contributed by atoms with E-state index in [4.69, 9.17) is 0 Å². The van der Waals surface area contributed by atoms with Crippen LogP contribution in [0.2, 0.25) is 0 Å². The van der Waals surface area contributed by atoms with Crippen LogP contribution in [0.1, 0.15) is 65.0 Å². The summed E-state index contributed by atoms with van der Waals surface area (Å²) in [6.07, 6.45) is 1.84. The molecule has 0 aliphatic rings. The fraction of sp³-hybridized carbons (Fsp3) is 0.600. The lowest BCUT2D eigenvalue weighted by Crippen LogP contribution is -2.53. The van der Waals surface area contributed by atoms with Crippen LogP contribution >= 0.6 is 0 Å². The second kappa shape index (κ2) is 8.86. The summed E-state index contributed by atoms with van der Waals surface area (Å²) in [6.45, 7) is 12.3. The topological polar surface area (TPSA) is 49.4 Å². The van der Waals surface area contributed by atoms with Crippen molar-refractivity contribution >= 4 is 11.8 Å². The molecule has 1 atom stereocenters. The molecule has 0 spiro atoms. The van der Waals surface area contributed by atoms with E-state index in [1.807, 2.05) is 65.8 Å². The first kappa shape index (κ1) is 20.2. The highest BCUT2D eigenvalue weighted by Gasteiger charge is 2.30. The molecule has 0 fully saturated rings. The third-order valence-electron chi connectivity index (χ3n) is 3.82. The smallest absolute Gasteiger partial charge is 0.243 e. The van der Waals surface area contributed by atoms with Crippen molar-refractivity contribution in [1.29, 1.82) is 0 Å². The zero-order valence-electron chi connectivity index (χ0n) is 16.0. The Labute approximate surface area is 146 Å². The third-order valence-corrected chi connectivity index (χ3v) is 3.82. The fourth-order valence-electron chi connectivity index (χ4n) is 2.62. The molecule has 0 bridgehead atoms.